The van der Waals surface area contributed by atoms with Crippen LogP contribution in [0.15, 0.2) is 93.2 Å². The van der Waals surface area contributed by atoms with Crippen LogP contribution in [0.3, 0.4) is 0 Å². The molecule has 2 aromatic rings. The fourth-order valence-corrected chi connectivity index (χ4v) is 6.36. The number of allylic oxidation sites excluding steroid dienone is 3. The van der Waals surface area contributed by atoms with E-state index in [0.29, 0.717) is 9.93 Å². The number of hydrogen-bond acceptors (Lipinski definition) is 5. The van der Waals surface area contributed by atoms with E-state index < -0.39 is 10.0 Å². The molecule has 2 aliphatic rings. The van der Waals surface area contributed by atoms with E-state index >= 15 is 0 Å². The number of carbonyl (C=O) groups excluding carboxylic acids is 1. The number of para-hydroxylation sites is 1. The van der Waals surface area contributed by atoms with Crippen molar-refractivity contribution >= 4 is 50.1 Å². The number of amides is 1. The predicted molar refractivity (Wildman–Crippen MR) is 140 cm³/mol. The Kier molecular flexibility index (Phi) is 6.50. The lowest BCUT2D eigenvalue weighted by Gasteiger charge is -2.23. The molecule has 0 aliphatic carbocycles. The zero-order chi connectivity index (χ0) is 24.7. The molecule has 0 unspecified atom stereocenters. The smallest absolute Gasteiger partial charge is 0.284 e. The third-order valence-electron chi connectivity index (χ3n) is 5.84. The van der Waals surface area contributed by atoms with Gasteiger partial charge in [-0.1, -0.05) is 49.7 Å². The van der Waals surface area contributed by atoms with Gasteiger partial charge in [0.25, 0.3) is 15.9 Å². The Hall–Kier alpha value is -2.81. The summed E-state index contributed by atoms with van der Waals surface area (Å²) >= 11 is 6.90. The molecule has 2 heterocycles. The normalized spacial score (nSPS) is 21.1. The summed E-state index contributed by atoms with van der Waals surface area (Å²) < 4.78 is 29.6. The maximum atomic E-state index is 13.1. The molecule has 0 bridgehead atoms. The van der Waals surface area contributed by atoms with Crippen molar-refractivity contribution in [2.75, 3.05) is 18.5 Å². The number of thioether (sulfide) groups is 1. The van der Waals surface area contributed by atoms with Crippen molar-refractivity contribution in [2.45, 2.75) is 24.2 Å². The number of hydrogen-bond donors (Lipinski definition) is 0. The van der Waals surface area contributed by atoms with Crippen LogP contribution in [-0.2, 0) is 20.2 Å². The number of amidine groups is 1. The molecule has 0 radical (unpaired) electrons. The minimum Gasteiger partial charge on any atom is -0.347 e. The first-order valence-electron chi connectivity index (χ1n) is 10.5. The Morgan fingerprint density at radius 1 is 1.12 bits per heavy atom. The fraction of sp³-hybridized carbons (Fsp3) is 0.200. The number of benzene rings is 2. The van der Waals surface area contributed by atoms with Crippen LogP contribution in [0.25, 0.3) is 0 Å². The molecule has 1 fully saturated rings. The zero-order valence-corrected chi connectivity index (χ0v) is 21.4. The Labute approximate surface area is 209 Å². The van der Waals surface area contributed by atoms with Gasteiger partial charge in [-0.15, -0.1) is 11.0 Å². The van der Waals surface area contributed by atoms with Gasteiger partial charge in [-0.3, -0.25) is 9.69 Å². The molecule has 0 N–H and O–H groups in total. The lowest BCUT2D eigenvalue weighted by Crippen LogP contribution is -2.29. The van der Waals surface area contributed by atoms with Crippen LogP contribution in [0.2, 0.25) is 5.02 Å². The number of halogens is 1. The maximum absolute atomic E-state index is 13.1. The molecule has 0 saturated carbocycles. The number of fused-ring (bicyclic) bond motifs is 1. The molecule has 9 heteroatoms. The lowest BCUT2D eigenvalue weighted by molar-refractivity contribution is -0.121. The molecule has 1 amide bonds. The van der Waals surface area contributed by atoms with Crippen LogP contribution < -0.4 is 4.90 Å². The van der Waals surface area contributed by atoms with Crippen molar-refractivity contribution in [3.63, 3.8) is 0 Å². The third kappa shape index (κ3) is 4.33. The number of nitrogens with zero attached hydrogens (tertiary/aromatic N) is 3. The van der Waals surface area contributed by atoms with E-state index in [2.05, 4.69) is 41.9 Å². The average Bonchev–Trinajstić information content (AvgIpc) is 3.18. The van der Waals surface area contributed by atoms with Crippen LogP contribution in [0.4, 0.5) is 5.69 Å². The summed E-state index contributed by atoms with van der Waals surface area (Å²) in [5, 5.41) is 0.511. The molecule has 176 valence electrons. The van der Waals surface area contributed by atoms with Crippen molar-refractivity contribution in [3.8, 4) is 0 Å². The Bertz CT molecular complexity index is 1360. The standard InChI is InChI=1S/C25H24ClN3O3S2/c1-5-16-29-23(30)21(33-24(29)27-34(31,32)18-12-10-17(26)11-13-18)14-15-22-25(2,3)19-8-6-7-9-20(19)28(22)4/h5-15H,1,16H2,2-4H3/b21-14-,22-15+,27-24?. The molecule has 0 atom stereocenters. The quantitative estimate of drug-likeness (QED) is 0.398. The van der Waals surface area contributed by atoms with E-state index in [4.69, 9.17) is 11.6 Å². The van der Waals surface area contributed by atoms with Crippen molar-refractivity contribution in [1.29, 1.82) is 0 Å². The topological polar surface area (TPSA) is 70.1 Å². The summed E-state index contributed by atoms with van der Waals surface area (Å²) in [6.45, 7) is 8.10. The average molecular weight is 514 g/mol. The van der Waals surface area contributed by atoms with Gasteiger partial charge < -0.3 is 4.90 Å². The summed E-state index contributed by atoms with van der Waals surface area (Å²) in [6.07, 6.45) is 5.19. The Morgan fingerprint density at radius 3 is 2.44 bits per heavy atom. The molecule has 2 aromatic carbocycles. The summed E-state index contributed by atoms with van der Waals surface area (Å²) in [5.74, 6) is -0.317. The van der Waals surface area contributed by atoms with Gasteiger partial charge in [0.15, 0.2) is 5.17 Å². The zero-order valence-electron chi connectivity index (χ0n) is 19.0. The van der Waals surface area contributed by atoms with Crippen molar-refractivity contribution in [3.05, 3.63) is 94.5 Å². The van der Waals surface area contributed by atoms with Crippen LogP contribution in [-0.4, -0.2) is 38.0 Å². The Morgan fingerprint density at radius 2 is 1.79 bits per heavy atom. The van der Waals surface area contributed by atoms with Gasteiger partial charge in [0.1, 0.15) is 0 Å². The van der Waals surface area contributed by atoms with Crippen LogP contribution in [0.5, 0.6) is 0 Å². The highest BCUT2D eigenvalue weighted by molar-refractivity contribution is 8.19. The highest BCUT2D eigenvalue weighted by Gasteiger charge is 2.38. The molecule has 1 saturated heterocycles. The second-order valence-electron chi connectivity index (χ2n) is 8.39. The third-order valence-corrected chi connectivity index (χ3v) is 8.52. The maximum Gasteiger partial charge on any atom is 0.284 e. The number of rotatable bonds is 5. The number of carbonyl (C=O) groups is 1. The van der Waals surface area contributed by atoms with Gasteiger partial charge in [0.2, 0.25) is 0 Å². The van der Waals surface area contributed by atoms with Gasteiger partial charge >= 0.3 is 0 Å². The summed E-state index contributed by atoms with van der Waals surface area (Å²) in [4.78, 5) is 16.9. The Balaban J connectivity index is 1.70. The summed E-state index contributed by atoms with van der Waals surface area (Å²) in [5.41, 5.74) is 3.11. The first-order chi connectivity index (χ1) is 16.1. The summed E-state index contributed by atoms with van der Waals surface area (Å²) in [6, 6.07) is 13.9. The molecular formula is C25H24ClN3O3S2. The molecule has 34 heavy (non-hydrogen) atoms. The van der Waals surface area contributed by atoms with Gasteiger partial charge in [-0.2, -0.15) is 8.42 Å². The molecular weight excluding hydrogens is 490 g/mol. The van der Waals surface area contributed by atoms with E-state index in [9.17, 15) is 13.2 Å². The lowest BCUT2D eigenvalue weighted by atomic mass is 9.84. The van der Waals surface area contributed by atoms with Gasteiger partial charge in [-0.25, -0.2) is 0 Å². The highest BCUT2D eigenvalue weighted by Crippen LogP contribution is 2.46. The number of anilines is 1. The van der Waals surface area contributed by atoms with Gasteiger partial charge in [-0.05, 0) is 59.8 Å². The highest BCUT2D eigenvalue weighted by atomic mass is 35.5. The largest absolute Gasteiger partial charge is 0.347 e. The van der Waals surface area contributed by atoms with E-state index in [0.717, 1.165) is 23.1 Å². The molecule has 0 spiro atoms. The van der Waals surface area contributed by atoms with Crippen LogP contribution in [0, 0.1) is 0 Å². The van der Waals surface area contributed by atoms with Crippen LogP contribution in [0.1, 0.15) is 19.4 Å². The summed E-state index contributed by atoms with van der Waals surface area (Å²) in [7, 11) is -2.03. The van der Waals surface area contributed by atoms with Crippen molar-refractivity contribution < 1.29 is 13.2 Å². The molecule has 0 aromatic heterocycles. The minimum atomic E-state index is -4.02. The van der Waals surface area contributed by atoms with Crippen molar-refractivity contribution in [2.24, 2.45) is 4.40 Å². The predicted octanol–water partition coefficient (Wildman–Crippen LogP) is 5.34. The number of sulfonamides is 1. The molecule has 6 nitrogen and oxygen atoms in total. The minimum absolute atomic E-state index is 0.00245. The van der Waals surface area contributed by atoms with E-state index in [1.54, 1.807) is 6.08 Å². The fourth-order valence-electron chi connectivity index (χ4n) is 4.10. The van der Waals surface area contributed by atoms with Gasteiger partial charge in [0, 0.05) is 35.4 Å². The number of likely N-dealkylation sites (N-methyl/N-ethyl adjacent to an activating group) is 1. The van der Waals surface area contributed by atoms with Crippen LogP contribution >= 0.6 is 23.4 Å². The molecule has 4 rings (SSSR count). The SMILES string of the molecule is C=CCN1C(=O)/C(=C/C=C2/N(C)c3ccccc3C2(C)C)SC1=NS(=O)(=O)c1ccc(Cl)cc1. The first-order valence-corrected chi connectivity index (χ1v) is 13.2. The van der Waals surface area contributed by atoms with E-state index in [1.807, 2.05) is 25.3 Å². The second-order valence-corrected chi connectivity index (χ2v) is 11.4. The second kappa shape index (κ2) is 9.09. The van der Waals surface area contributed by atoms with E-state index in [1.165, 1.54) is 40.8 Å². The van der Waals surface area contributed by atoms with Crippen molar-refractivity contribution in [1.82, 2.24) is 4.90 Å². The first kappa shape index (κ1) is 24.3. The van der Waals surface area contributed by atoms with E-state index in [-0.39, 0.29) is 27.9 Å². The monoisotopic (exact) mass is 513 g/mol. The molecule has 2 aliphatic heterocycles. The van der Waals surface area contributed by atoms with Gasteiger partial charge in [0.05, 0.1) is 9.80 Å².